The third-order valence-corrected chi connectivity index (χ3v) is 4.52. The predicted molar refractivity (Wildman–Crippen MR) is 80.5 cm³/mol. The van der Waals surface area contributed by atoms with Crippen LogP contribution < -0.4 is 10.6 Å². The van der Waals surface area contributed by atoms with Gasteiger partial charge in [-0.05, 0) is 18.6 Å². The minimum absolute atomic E-state index is 0.290. The standard InChI is InChI=1S/C13H25N3OS/c1-4-8-15-12(14-3)16-11-13(18-5-2)6-9-17-10-7-13/h4H,1,5-11H2,2-3H3,(H2,14,15,16). The van der Waals surface area contributed by atoms with Crippen molar-refractivity contribution in [1.82, 2.24) is 10.6 Å². The molecule has 1 aliphatic heterocycles. The Morgan fingerprint density at radius 2 is 2.17 bits per heavy atom. The molecule has 0 spiro atoms. The molecule has 0 aromatic carbocycles. The minimum Gasteiger partial charge on any atom is -0.381 e. The largest absolute Gasteiger partial charge is 0.381 e. The van der Waals surface area contributed by atoms with Gasteiger partial charge in [-0.15, -0.1) is 6.58 Å². The molecule has 18 heavy (non-hydrogen) atoms. The third kappa shape index (κ3) is 4.90. The van der Waals surface area contributed by atoms with Gasteiger partial charge in [0.25, 0.3) is 0 Å². The van der Waals surface area contributed by atoms with Crippen molar-refractivity contribution >= 4 is 17.7 Å². The van der Waals surface area contributed by atoms with Gasteiger partial charge in [-0.25, -0.2) is 0 Å². The number of aliphatic imine (C=N–C) groups is 1. The van der Waals surface area contributed by atoms with E-state index in [9.17, 15) is 0 Å². The SMILES string of the molecule is C=CCNC(=NC)NCC1(SCC)CCOCC1. The molecular formula is C13H25N3OS. The van der Waals surface area contributed by atoms with Crippen molar-refractivity contribution in [2.75, 3.05) is 39.1 Å². The maximum absolute atomic E-state index is 5.47. The summed E-state index contributed by atoms with van der Waals surface area (Å²) in [6.45, 7) is 9.31. The molecule has 5 heteroatoms. The van der Waals surface area contributed by atoms with E-state index < -0.39 is 0 Å². The molecule has 104 valence electrons. The lowest BCUT2D eigenvalue weighted by atomic mass is 9.99. The molecule has 0 unspecified atom stereocenters. The summed E-state index contributed by atoms with van der Waals surface area (Å²) in [4.78, 5) is 4.21. The van der Waals surface area contributed by atoms with Crippen molar-refractivity contribution in [3.63, 3.8) is 0 Å². The first-order valence-corrected chi connectivity index (χ1v) is 7.52. The van der Waals surface area contributed by atoms with Crippen LogP contribution >= 0.6 is 11.8 Å². The summed E-state index contributed by atoms with van der Waals surface area (Å²) in [5.41, 5.74) is 0. The molecule has 1 rings (SSSR count). The smallest absolute Gasteiger partial charge is 0.191 e. The van der Waals surface area contributed by atoms with Gasteiger partial charge < -0.3 is 15.4 Å². The quantitative estimate of drug-likeness (QED) is 0.438. The second-order valence-corrected chi connectivity index (χ2v) is 6.06. The molecule has 2 N–H and O–H groups in total. The van der Waals surface area contributed by atoms with E-state index in [1.54, 1.807) is 7.05 Å². The molecule has 0 aromatic rings. The van der Waals surface area contributed by atoms with Crippen LogP contribution in [0.2, 0.25) is 0 Å². The molecule has 0 aromatic heterocycles. The van der Waals surface area contributed by atoms with Crippen LogP contribution in [0.3, 0.4) is 0 Å². The van der Waals surface area contributed by atoms with Gasteiger partial charge in [0.1, 0.15) is 0 Å². The second-order valence-electron chi connectivity index (χ2n) is 4.32. The average molecular weight is 271 g/mol. The molecule has 4 nitrogen and oxygen atoms in total. The number of ether oxygens (including phenoxy) is 1. The Bertz CT molecular complexity index is 270. The highest BCUT2D eigenvalue weighted by molar-refractivity contribution is 8.00. The third-order valence-electron chi connectivity index (χ3n) is 3.07. The first kappa shape index (κ1) is 15.4. The van der Waals surface area contributed by atoms with Gasteiger partial charge in [-0.1, -0.05) is 13.0 Å². The first-order chi connectivity index (χ1) is 8.76. The lowest BCUT2D eigenvalue weighted by molar-refractivity contribution is 0.0782. The van der Waals surface area contributed by atoms with Crippen molar-refractivity contribution in [1.29, 1.82) is 0 Å². The summed E-state index contributed by atoms with van der Waals surface area (Å²) in [6, 6.07) is 0. The van der Waals surface area contributed by atoms with Crippen molar-refractivity contribution in [3.05, 3.63) is 12.7 Å². The summed E-state index contributed by atoms with van der Waals surface area (Å²) < 4.78 is 5.76. The van der Waals surface area contributed by atoms with Gasteiger partial charge in [0.05, 0.1) is 0 Å². The zero-order chi connectivity index (χ0) is 13.3. The molecule has 1 aliphatic rings. The Hall–Kier alpha value is -0.680. The van der Waals surface area contributed by atoms with Crippen LogP contribution in [0.15, 0.2) is 17.6 Å². The van der Waals surface area contributed by atoms with Gasteiger partial charge in [-0.3, -0.25) is 4.99 Å². The van der Waals surface area contributed by atoms with Crippen LogP contribution in [0.5, 0.6) is 0 Å². The maximum atomic E-state index is 5.47. The van der Waals surface area contributed by atoms with Crippen LogP contribution in [0, 0.1) is 0 Å². The normalized spacial score (nSPS) is 19.3. The van der Waals surface area contributed by atoms with Gasteiger partial charge >= 0.3 is 0 Å². The van der Waals surface area contributed by atoms with E-state index in [2.05, 4.69) is 29.1 Å². The number of nitrogens with zero attached hydrogens (tertiary/aromatic N) is 1. The fourth-order valence-corrected chi connectivity index (χ4v) is 3.30. The van der Waals surface area contributed by atoms with Crippen molar-refractivity contribution in [2.45, 2.75) is 24.5 Å². The van der Waals surface area contributed by atoms with Crippen LogP contribution in [-0.4, -0.2) is 49.8 Å². The molecule has 0 radical (unpaired) electrons. The van der Waals surface area contributed by atoms with Gasteiger partial charge in [0.2, 0.25) is 0 Å². The van der Waals surface area contributed by atoms with Gasteiger partial charge in [0, 0.05) is 38.1 Å². The molecule has 0 bridgehead atoms. The Labute approximate surface area is 115 Å². The summed E-state index contributed by atoms with van der Waals surface area (Å²) in [5.74, 6) is 1.98. The monoisotopic (exact) mass is 271 g/mol. The second kappa shape index (κ2) is 8.43. The molecule has 1 fully saturated rings. The molecular weight excluding hydrogens is 246 g/mol. The number of nitrogens with one attached hydrogen (secondary N) is 2. The van der Waals surface area contributed by atoms with Crippen molar-refractivity contribution in [2.24, 2.45) is 4.99 Å². The Morgan fingerprint density at radius 3 is 2.72 bits per heavy atom. The Kier molecular flexibility index (Phi) is 7.20. The fourth-order valence-electron chi connectivity index (χ4n) is 2.06. The average Bonchev–Trinajstić information content (AvgIpc) is 2.40. The number of guanidine groups is 1. The van der Waals surface area contributed by atoms with E-state index >= 15 is 0 Å². The van der Waals surface area contributed by atoms with Crippen molar-refractivity contribution in [3.8, 4) is 0 Å². The number of rotatable bonds is 6. The fraction of sp³-hybridized carbons (Fsp3) is 0.769. The van der Waals surface area contributed by atoms with Crippen LogP contribution in [0.1, 0.15) is 19.8 Å². The Morgan fingerprint density at radius 1 is 1.44 bits per heavy atom. The molecule has 1 heterocycles. The van der Waals surface area contributed by atoms with E-state index in [4.69, 9.17) is 4.74 Å². The summed E-state index contributed by atoms with van der Waals surface area (Å²) in [5, 5.41) is 6.61. The highest BCUT2D eigenvalue weighted by atomic mass is 32.2. The van der Waals surface area contributed by atoms with Crippen LogP contribution in [-0.2, 0) is 4.74 Å². The van der Waals surface area contributed by atoms with Crippen molar-refractivity contribution < 1.29 is 4.74 Å². The van der Waals surface area contributed by atoms with E-state index in [1.165, 1.54) is 0 Å². The van der Waals surface area contributed by atoms with E-state index in [-0.39, 0.29) is 0 Å². The highest BCUT2D eigenvalue weighted by Crippen LogP contribution is 2.34. The lowest BCUT2D eigenvalue weighted by Crippen LogP contribution is -2.48. The lowest BCUT2D eigenvalue weighted by Gasteiger charge is -2.37. The first-order valence-electron chi connectivity index (χ1n) is 6.53. The molecule has 0 saturated carbocycles. The molecule has 1 saturated heterocycles. The summed E-state index contributed by atoms with van der Waals surface area (Å²) in [6.07, 6.45) is 4.05. The van der Waals surface area contributed by atoms with E-state index in [0.29, 0.717) is 4.75 Å². The number of hydrogen-bond donors (Lipinski definition) is 2. The summed E-state index contributed by atoms with van der Waals surface area (Å²) >= 11 is 2.03. The zero-order valence-electron chi connectivity index (χ0n) is 11.5. The Balaban J connectivity index is 2.47. The van der Waals surface area contributed by atoms with E-state index in [1.807, 2.05) is 17.8 Å². The summed E-state index contributed by atoms with van der Waals surface area (Å²) in [7, 11) is 1.79. The minimum atomic E-state index is 0.290. The number of thioether (sulfide) groups is 1. The molecule has 0 amide bonds. The highest BCUT2D eigenvalue weighted by Gasteiger charge is 2.32. The zero-order valence-corrected chi connectivity index (χ0v) is 12.3. The maximum Gasteiger partial charge on any atom is 0.191 e. The molecule has 0 aliphatic carbocycles. The number of hydrogen-bond acceptors (Lipinski definition) is 3. The van der Waals surface area contributed by atoms with Gasteiger partial charge in [-0.2, -0.15) is 11.8 Å². The predicted octanol–water partition coefficient (Wildman–Crippen LogP) is 1.64. The van der Waals surface area contributed by atoms with Gasteiger partial charge in [0.15, 0.2) is 5.96 Å². The van der Waals surface area contributed by atoms with Crippen LogP contribution in [0.4, 0.5) is 0 Å². The topological polar surface area (TPSA) is 45.7 Å². The molecule has 0 atom stereocenters. The van der Waals surface area contributed by atoms with E-state index in [0.717, 1.165) is 50.9 Å². The van der Waals surface area contributed by atoms with Crippen LogP contribution in [0.25, 0.3) is 0 Å².